The molecule has 0 aromatic heterocycles. The van der Waals surface area contributed by atoms with Gasteiger partial charge in [-0.25, -0.2) is 0 Å². The van der Waals surface area contributed by atoms with Gasteiger partial charge in [0.05, 0.1) is 12.0 Å². The van der Waals surface area contributed by atoms with E-state index in [-0.39, 0.29) is 6.61 Å². The number of hydrogen-bond acceptors (Lipinski definition) is 4. The summed E-state index contributed by atoms with van der Waals surface area (Å²) in [6, 6.07) is 0. The van der Waals surface area contributed by atoms with Crippen molar-refractivity contribution in [2.24, 2.45) is 5.41 Å². The van der Waals surface area contributed by atoms with Gasteiger partial charge in [0.25, 0.3) is 0 Å². The molecule has 64 valence electrons. The lowest BCUT2D eigenvalue weighted by atomic mass is 9.78. The largest absolute Gasteiger partial charge is 0.462 e. The van der Waals surface area contributed by atoms with E-state index in [9.17, 15) is 9.90 Å². The van der Waals surface area contributed by atoms with Crippen LogP contribution in [0.25, 0.3) is 0 Å². The van der Waals surface area contributed by atoms with Crippen LogP contribution in [0.15, 0.2) is 0 Å². The van der Waals surface area contributed by atoms with Crippen LogP contribution in [0.3, 0.4) is 0 Å². The fourth-order valence-corrected chi connectivity index (χ4v) is 0.979. The monoisotopic (exact) mass is 160 g/mol. The van der Waals surface area contributed by atoms with E-state index in [1.54, 1.807) is 13.8 Å². The molecule has 1 heterocycles. The summed E-state index contributed by atoms with van der Waals surface area (Å²) in [5.41, 5.74) is -2.41. The van der Waals surface area contributed by atoms with Crippen molar-refractivity contribution in [1.29, 1.82) is 0 Å². The molecule has 4 nitrogen and oxygen atoms in total. The Bertz CT molecular complexity index is 187. The van der Waals surface area contributed by atoms with Crippen molar-refractivity contribution >= 4 is 5.97 Å². The third-order valence-corrected chi connectivity index (χ3v) is 2.38. The first kappa shape index (κ1) is 8.49. The first-order valence-electron chi connectivity index (χ1n) is 3.44. The second-order valence-electron chi connectivity index (χ2n) is 3.39. The summed E-state index contributed by atoms with van der Waals surface area (Å²) in [6.07, 6.45) is 0. The lowest BCUT2D eigenvalue weighted by molar-refractivity contribution is -0.147. The van der Waals surface area contributed by atoms with E-state index in [4.69, 9.17) is 5.11 Å². The highest BCUT2D eigenvalue weighted by atomic mass is 16.6. The van der Waals surface area contributed by atoms with Crippen LogP contribution < -0.4 is 0 Å². The molecule has 0 aliphatic carbocycles. The molecular formula is C7H12O4. The molecule has 1 unspecified atom stereocenters. The quantitative estimate of drug-likeness (QED) is 0.497. The van der Waals surface area contributed by atoms with Gasteiger partial charge in [-0.3, -0.25) is 4.79 Å². The molecule has 1 rings (SSSR count). The van der Waals surface area contributed by atoms with Crippen molar-refractivity contribution in [1.82, 2.24) is 0 Å². The third kappa shape index (κ3) is 0.937. The van der Waals surface area contributed by atoms with Crippen LogP contribution in [-0.2, 0) is 9.53 Å². The van der Waals surface area contributed by atoms with Crippen molar-refractivity contribution in [3.8, 4) is 0 Å². The molecule has 2 N–H and O–H groups in total. The van der Waals surface area contributed by atoms with Crippen LogP contribution >= 0.6 is 0 Å². The number of aliphatic hydroxyl groups excluding tert-OH is 1. The molecule has 0 saturated carbocycles. The van der Waals surface area contributed by atoms with Crippen LogP contribution in [0.2, 0.25) is 0 Å². The van der Waals surface area contributed by atoms with Gasteiger partial charge in [-0.15, -0.1) is 0 Å². The summed E-state index contributed by atoms with van der Waals surface area (Å²) in [6.45, 7) is 2.54. The number of esters is 1. The van der Waals surface area contributed by atoms with Crippen LogP contribution in [-0.4, -0.2) is 35.0 Å². The first-order valence-corrected chi connectivity index (χ1v) is 3.44. The second-order valence-corrected chi connectivity index (χ2v) is 3.39. The Hall–Kier alpha value is -0.610. The van der Waals surface area contributed by atoms with E-state index >= 15 is 0 Å². The molecular weight excluding hydrogens is 148 g/mol. The first-order chi connectivity index (χ1) is 4.94. The summed E-state index contributed by atoms with van der Waals surface area (Å²) in [4.78, 5) is 11.0. The average molecular weight is 160 g/mol. The molecule has 0 amide bonds. The zero-order valence-corrected chi connectivity index (χ0v) is 6.63. The molecule has 0 aromatic rings. The molecule has 1 aliphatic rings. The van der Waals surface area contributed by atoms with Gasteiger partial charge in [-0.05, 0) is 13.8 Å². The van der Waals surface area contributed by atoms with Crippen LogP contribution in [0.4, 0.5) is 0 Å². The Morgan fingerprint density at radius 3 is 2.36 bits per heavy atom. The topological polar surface area (TPSA) is 66.8 Å². The molecule has 1 saturated heterocycles. The Morgan fingerprint density at radius 2 is 2.18 bits per heavy atom. The highest BCUT2D eigenvalue weighted by molar-refractivity contribution is 5.79. The van der Waals surface area contributed by atoms with Gasteiger partial charge in [0.1, 0.15) is 12.2 Å². The Morgan fingerprint density at radius 1 is 1.64 bits per heavy atom. The summed E-state index contributed by atoms with van der Waals surface area (Å²) in [7, 11) is 0. The fraction of sp³-hybridized carbons (Fsp3) is 0.857. The normalized spacial score (nSPS) is 35.5. The maximum atomic E-state index is 11.0. The average Bonchev–Trinajstić information content (AvgIpc) is 2.15. The Labute approximate surface area is 64.8 Å². The third-order valence-electron chi connectivity index (χ3n) is 2.38. The van der Waals surface area contributed by atoms with E-state index in [1.807, 2.05) is 0 Å². The number of aliphatic hydroxyl groups is 2. The molecule has 4 heteroatoms. The minimum absolute atomic E-state index is 0.116. The van der Waals surface area contributed by atoms with Crippen molar-refractivity contribution in [3.05, 3.63) is 0 Å². The number of hydrogen-bond donors (Lipinski definition) is 2. The van der Waals surface area contributed by atoms with E-state index in [0.717, 1.165) is 0 Å². The van der Waals surface area contributed by atoms with Gasteiger partial charge >= 0.3 is 5.97 Å². The van der Waals surface area contributed by atoms with Crippen molar-refractivity contribution < 1.29 is 19.7 Å². The summed E-state index contributed by atoms with van der Waals surface area (Å²) < 4.78 is 4.63. The van der Waals surface area contributed by atoms with E-state index in [0.29, 0.717) is 0 Å². The van der Waals surface area contributed by atoms with Crippen LogP contribution in [0.1, 0.15) is 13.8 Å². The number of cyclic esters (lactones) is 1. The number of carbonyl (C=O) groups excluding carboxylic acids is 1. The van der Waals surface area contributed by atoms with Gasteiger partial charge in [0.15, 0.2) is 0 Å². The minimum Gasteiger partial charge on any atom is -0.462 e. The maximum absolute atomic E-state index is 11.0. The predicted octanol–water partition coefficient (Wildman–Crippen LogP) is -0.707. The zero-order chi connectivity index (χ0) is 8.70. The van der Waals surface area contributed by atoms with Gasteiger partial charge in [0, 0.05) is 0 Å². The van der Waals surface area contributed by atoms with Crippen molar-refractivity contribution in [2.45, 2.75) is 19.4 Å². The van der Waals surface area contributed by atoms with Crippen molar-refractivity contribution in [2.75, 3.05) is 13.2 Å². The standard InChI is InChI=1S/C7H12O4/c1-6(2)5(9)11-4-7(6,10)3-8/h8,10H,3-4H2,1-2H3. The SMILES string of the molecule is CC1(C)C(=O)OCC1(O)CO. The molecule has 0 aromatic carbocycles. The molecule has 0 radical (unpaired) electrons. The van der Waals surface area contributed by atoms with E-state index in [2.05, 4.69) is 4.74 Å². The van der Waals surface area contributed by atoms with E-state index in [1.165, 1.54) is 0 Å². The lowest BCUT2D eigenvalue weighted by Crippen LogP contribution is -2.48. The molecule has 11 heavy (non-hydrogen) atoms. The van der Waals surface area contributed by atoms with Gasteiger partial charge < -0.3 is 14.9 Å². The Balaban J connectivity index is 2.95. The number of rotatable bonds is 1. The molecule has 1 aliphatic heterocycles. The second kappa shape index (κ2) is 2.19. The minimum atomic E-state index is -1.41. The summed E-state index contributed by atoms with van der Waals surface area (Å²) >= 11 is 0. The molecule has 0 spiro atoms. The summed E-state index contributed by atoms with van der Waals surface area (Å²) in [5, 5.41) is 18.4. The molecule has 1 fully saturated rings. The lowest BCUT2D eigenvalue weighted by Gasteiger charge is -2.29. The molecule has 1 atom stereocenters. The van der Waals surface area contributed by atoms with Crippen molar-refractivity contribution in [3.63, 3.8) is 0 Å². The smallest absolute Gasteiger partial charge is 0.314 e. The van der Waals surface area contributed by atoms with Gasteiger partial charge in [-0.2, -0.15) is 0 Å². The van der Waals surface area contributed by atoms with Gasteiger partial charge in [-0.1, -0.05) is 0 Å². The number of ether oxygens (including phenoxy) is 1. The highest BCUT2D eigenvalue weighted by Crippen LogP contribution is 2.37. The van der Waals surface area contributed by atoms with E-state index < -0.39 is 23.6 Å². The fourth-order valence-electron chi connectivity index (χ4n) is 0.979. The Kier molecular flexibility index (Phi) is 1.69. The van der Waals surface area contributed by atoms with Gasteiger partial charge in [0.2, 0.25) is 0 Å². The highest BCUT2D eigenvalue weighted by Gasteiger charge is 2.55. The van der Waals surface area contributed by atoms with Crippen LogP contribution in [0, 0.1) is 5.41 Å². The predicted molar refractivity (Wildman–Crippen MR) is 36.8 cm³/mol. The summed E-state index contributed by atoms with van der Waals surface area (Å²) in [5.74, 6) is -0.464. The van der Waals surface area contributed by atoms with Crippen LogP contribution in [0.5, 0.6) is 0 Å². The number of carbonyl (C=O) groups is 1. The molecule has 0 bridgehead atoms. The maximum Gasteiger partial charge on any atom is 0.314 e. The zero-order valence-electron chi connectivity index (χ0n) is 6.63.